The fourth-order valence-corrected chi connectivity index (χ4v) is 5.11. The molecule has 1 spiro atoms. The third-order valence-corrected chi connectivity index (χ3v) is 6.68. The van der Waals surface area contributed by atoms with Gasteiger partial charge in [-0.15, -0.1) is 0 Å². The fourth-order valence-electron chi connectivity index (χ4n) is 5.11. The minimum Gasteiger partial charge on any atom is -0.495 e. The highest BCUT2D eigenvalue weighted by Gasteiger charge is 2.49. The minimum atomic E-state index is -0.787. The molecule has 2 heterocycles. The second-order valence-electron chi connectivity index (χ2n) is 9.17. The molecular formula is C21H33N3O3. The van der Waals surface area contributed by atoms with Crippen molar-refractivity contribution in [2.24, 2.45) is 16.7 Å². The normalized spacial score (nSPS) is 22.7. The summed E-state index contributed by atoms with van der Waals surface area (Å²) < 4.78 is 5.37. The van der Waals surface area contributed by atoms with E-state index < -0.39 is 6.09 Å². The number of nitrogens with two attached hydrogens (primary N) is 1. The van der Waals surface area contributed by atoms with E-state index in [1.807, 2.05) is 12.1 Å². The first-order valence-electron chi connectivity index (χ1n) is 9.83. The molecule has 1 atom stereocenters. The summed E-state index contributed by atoms with van der Waals surface area (Å²) in [5.74, 6) is 1.09. The van der Waals surface area contributed by atoms with Gasteiger partial charge in [-0.2, -0.15) is 0 Å². The number of benzene rings is 1. The van der Waals surface area contributed by atoms with Crippen LogP contribution in [0, 0.1) is 16.7 Å². The molecule has 2 fully saturated rings. The van der Waals surface area contributed by atoms with Gasteiger partial charge < -0.3 is 25.4 Å². The molecule has 2 aliphatic heterocycles. The van der Waals surface area contributed by atoms with E-state index in [0.717, 1.165) is 43.8 Å². The predicted octanol–water partition coefficient (Wildman–Crippen LogP) is 3.91. The van der Waals surface area contributed by atoms with Crippen LogP contribution in [0.1, 0.15) is 40.0 Å². The van der Waals surface area contributed by atoms with E-state index in [2.05, 4.69) is 31.7 Å². The first-order chi connectivity index (χ1) is 12.7. The summed E-state index contributed by atoms with van der Waals surface area (Å²) in [5, 5.41) is 9.47. The van der Waals surface area contributed by atoms with Gasteiger partial charge in [-0.05, 0) is 48.1 Å². The molecule has 2 saturated heterocycles. The summed E-state index contributed by atoms with van der Waals surface area (Å²) in [6, 6.07) is 5.98. The SMILES string of the molecule is COc1cc(N2CCC3(CCN(C(=O)O)CC3C(C)(C)C)CC2)ccc1N. The lowest BCUT2D eigenvalue weighted by Gasteiger charge is -2.55. The monoisotopic (exact) mass is 375 g/mol. The molecule has 3 N–H and O–H groups in total. The molecule has 150 valence electrons. The van der Waals surface area contributed by atoms with Crippen molar-refractivity contribution in [2.75, 3.05) is 43.9 Å². The highest BCUT2D eigenvalue weighted by molar-refractivity contribution is 5.65. The summed E-state index contributed by atoms with van der Waals surface area (Å²) in [5.41, 5.74) is 8.05. The molecule has 2 aliphatic rings. The molecule has 0 radical (unpaired) electrons. The summed E-state index contributed by atoms with van der Waals surface area (Å²) in [7, 11) is 1.64. The topological polar surface area (TPSA) is 79.0 Å². The van der Waals surface area contributed by atoms with Gasteiger partial charge in [0, 0.05) is 37.9 Å². The fraction of sp³-hybridized carbons (Fsp3) is 0.667. The Morgan fingerprint density at radius 3 is 2.41 bits per heavy atom. The highest BCUT2D eigenvalue weighted by atomic mass is 16.5. The Morgan fingerprint density at radius 1 is 1.22 bits per heavy atom. The molecule has 1 unspecified atom stereocenters. The largest absolute Gasteiger partial charge is 0.495 e. The van der Waals surface area contributed by atoms with Gasteiger partial charge in [0.2, 0.25) is 0 Å². The number of rotatable bonds is 2. The maximum absolute atomic E-state index is 11.5. The van der Waals surface area contributed by atoms with E-state index in [9.17, 15) is 9.90 Å². The maximum Gasteiger partial charge on any atom is 0.407 e. The Hall–Kier alpha value is -2.11. The zero-order valence-corrected chi connectivity index (χ0v) is 17.0. The molecule has 0 aromatic heterocycles. The van der Waals surface area contributed by atoms with E-state index in [1.165, 1.54) is 0 Å². The van der Waals surface area contributed by atoms with Gasteiger partial charge >= 0.3 is 6.09 Å². The number of anilines is 2. The number of carboxylic acid groups (broad SMARTS) is 1. The third kappa shape index (κ3) is 3.80. The van der Waals surface area contributed by atoms with Crippen LogP contribution in [0.2, 0.25) is 0 Å². The van der Waals surface area contributed by atoms with Crippen LogP contribution in [-0.2, 0) is 0 Å². The molecule has 6 nitrogen and oxygen atoms in total. The van der Waals surface area contributed by atoms with Crippen LogP contribution in [0.4, 0.5) is 16.2 Å². The lowest BCUT2D eigenvalue weighted by atomic mass is 9.57. The number of nitrogens with zero attached hydrogens (tertiary/aromatic N) is 2. The van der Waals surface area contributed by atoms with Crippen molar-refractivity contribution < 1.29 is 14.6 Å². The van der Waals surface area contributed by atoms with Gasteiger partial charge in [-0.3, -0.25) is 0 Å². The second kappa shape index (κ2) is 7.13. The summed E-state index contributed by atoms with van der Waals surface area (Å²) >= 11 is 0. The van der Waals surface area contributed by atoms with E-state index in [4.69, 9.17) is 10.5 Å². The zero-order valence-electron chi connectivity index (χ0n) is 17.0. The Bertz CT molecular complexity index is 690. The van der Waals surface area contributed by atoms with E-state index in [0.29, 0.717) is 24.7 Å². The molecular weight excluding hydrogens is 342 g/mol. The van der Waals surface area contributed by atoms with E-state index in [1.54, 1.807) is 12.0 Å². The van der Waals surface area contributed by atoms with Crippen molar-refractivity contribution in [3.05, 3.63) is 18.2 Å². The predicted molar refractivity (Wildman–Crippen MR) is 108 cm³/mol. The third-order valence-electron chi connectivity index (χ3n) is 6.68. The minimum absolute atomic E-state index is 0.0840. The number of hydrogen-bond donors (Lipinski definition) is 2. The molecule has 1 aromatic carbocycles. The molecule has 0 aliphatic carbocycles. The second-order valence-corrected chi connectivity index (χ2v) is 9.17. The number of hydrogen-bond acceptors (Lipinski definition) is 4. The number of piperidine rings is 2. The highest BCUT2D eigenvalue weighted by Crippen LogP contribution is 2.52. The lowest BCUT2D eigenvalue weighted by molar-refractivity contribution is -0.0373. The Kier molecular flexibility index (Phi) is 5.19. The number of likely N-dealkylation sites (tertiary alicyclic amines) is 1. The Labute approximate surface area is 162 Å². The molecule has 0 saturated carbocycles. The zero-order chi connectivity index (χ0) is 19.8. The van der Waals surface area contributed by atoms with Gasteiger partial charge in [-0.25, -0.2) is 4.79 Å². The van der Waals surface area contributed by atoms with Gasteiger partial charge in [0.15, 0.2) is 0 Å². The van der Waals surface area contributed by atoms with Crippen molar-refractivity contribution in [1.82, 2.24) is 4.90 Å². The first kappa shape index (κ1) is 19.6. The van der Waals surface area contributed by atoms with Crippen LogP contribution in [0.25, 0.3) is 0 Å². The average molecular weight is 376 g/mol. The number of ether oxygens (including phenoxy) is 1. The standard InChI is InChI=1S/C21H33N3O3/c1-20(2,3)18-14-24(19(25)26)12-9-21(18)7-10-23(11-8-21)15-5-6-16(22)17(13-15)27-4/h5-6,13,18H,7-12,14,22H2,1-4H3,(H,25,26). The van der Waals surface area contributed by atoms with Crippen molar-refractivity contribution in [3.63, 3.8) is 0 Å². The van der Waals surface area contributed by atoms with Crippen molar-refractivity contribution >= 4 is 17.5 Å². The van der Waals surface area contributed by atoms with Gasteiger partial charge in [0.1, 0.15) is 5.75 Å². The molecule has 1 amide bonds. The van der Waals surface area contributed by atoms with Gasteiger partial charge in [-0.1, -0.05) is 20.8 Å². The molecule has 27 heavy (non-hydrogen) atoms. The van der Waals surface area contributed by atoms with Crippen LogP contribution in [0.3, 0.4) is 0 Å². The van der Waals surface area contributed by atoms with Gasteiger partial charge in [0.05, 0.1) is 12.8 Å². The lowest BCUT2D eigenvalue weighted by Crippen LogP contribution is -2.56. The summed E-state index contributed by atoms with van der Waals surface area (Å²) in [6.07, 6.45) is 2.36. The van der Waals surface area contributed by atoms with Crippen molar-refractivity contribution in [2.45, 2.75) is 40.0 Å². The van der Waals surface area contributed by atoms with Gasteiger partial charge in [0.25, 0.3) is 0 Å². The van der Waals surface area contributed by atoms with Crippen molar-refractivity contribution in [3.8, 4) is 5.75 Å². The van der Waals surface area contributed by atoms with Crippen LogP contribution in [0.5, 0.6) is 5.75 Å². The number of methoxy groups -OCH3 is 1. The molecule has 6 heteroatoms. The summed E-state index contributed by atoms with van der Waals surface area (Å²) in [4.78, 5) is 15.5. The van der Waals surface area contributed by atoms with Crippen LogP contribution in [-0.4, -0.2) is 49.4 Å². The molecule has 0 bridgehead atoms. The maximum atomic E-state index is 11.5. The summed E-state index contributed by atoms with van der Waals surface area (Å²) in [6.45, 7) is 10.0. The number of amides is 1. The van der Waals surface area contributed by atoms with Crippen LogP contribution < -0.4 is 15.4 Å². The quantitative estimate of drug-likeness (QED) is 0.766. The van der Waals surface area contributed by atoms with E-state index in [-0.39, 0.29) is 10.8 Å². The Morgan fingerprint density at radius 2 is 1.85 bits per heavy atom. The molecule has 1 aromatic rings. The number of carbonyl (C=O) groups is 1. The van der Waals surface area contributed by atoms with Crippen LogP contribution >= 0.6 is 0 Å². The molecule has 3 rings (SSSR count). The van der Waals surface area contributed by atoms with E-state index >= 15 is 0 Å². The van der Waals surface area contributed by atoms with Crippen LogP contribution in [0.15, 0.2) is 18.2 Å². The average Bonchev–Trinajstić information content (AvgIpc) is 2.62. The number of nitrogen functional groups attached to an aromatic ring is 1. The smallest absolute Gasteiger partial charge is 0.407 e. The Balaban J connectivity index is 1.77. The first-order valence-corrected chi connectivity index (χ1v) is 9.83. The van der Waals surface area contributed by atoms with Crippen molar-refractivity contribution in [1.29, 1.82) is 0 Å².